The Bertz CT molecular complexity index is 317. The first-order valence-electron chi connectivity index (χ1n) is 4.48. The van der Waals surface area contributed by atoms with Gasteiger partial charge < -0.3 is 4.90 Å². The van der Waals surface area contributed by atoms with Crippen molar-refractivity contribution in [3.05, 3.63) is 29.8 Å². The summed E-state index contributed by atoms with van der Waals surface area (Å²) in [6.45, 7) is 1.84. The van der Waals surface area contributed by atoms with E-state index in [-0.39, 0.29) is 10.6 Å². The molecular weight excluding hydrogens is 242 g/mol. The van der Waals surface area contributed by atoms with Gasteiger partial charge in [0.25, 0.3) is 0 Å². The van der Waals surface area contributed by atoms with Crippen molar-refractivity contribution in [2.45, 2.75) is 11.8 Å². The summed E-state index contributed by atoms with van der Waals surface area (Å²) in [6.07, 6.45) is 0. The molecule has 0 aliphatic heterocycles. The van der Waals surface area contributed by atoms with Gasteiger partial charge in [-0.25, -0.2) is 0 Å². The van der Waals surface area contributed by atoms with Crippen LogP contribution in [0.25, 0.3) is 0 Å². The molecule has 0 aromatic heterocycles. The number of anilines is 1. The standard InChI is InChI=1S/C11H14BrNO/c1-8(12)11(14)9-4-6-10(7-5-9)13(2)3/h4-8H,1-3H3. The largest absolute Gasteiger partial charge is 0.378 e. The number of alkyl halides is 1. The Kier molecular flexibility index (Phi) is 3.69. The van der Waals surface area contributed by atoms with Crippen LogP contribution in [-0.2, 0) is 0 Å². The fraction of sp³-hybridized carbons (Fsp3) is 0.364. The van der Waals surface area contributed by atoms with Crippen molar-refractivity contribution in [1.29, 1.82) is 0 Å². The quantitative estimate of drug-likeness (QED) is 0.612. The maximum absolute atomic E-state index is 11.6. The first-order chi connectivity index (χ1) is 6.52. The van der Waals surface area contributed by atoms with Crippen molar-refractivity contribution in [1.82, 2.24) is 0 Å². The van der Waals surface area contributed by atoms with Crippen LogP contribution >= 0.6 is 15.9 Å². The average Bonchev–Trinajstić information content (AvgIpc) is 2.16. The molecule has 1 atom stereocenters. The molecule has 0 radical (unpaired) electrons. The molecule has 0 heterocycles. The van der Waals surface area contributed by atoms with Gasteiger partial charge in [-0.3, -0.25) is 4.79 Å². The topological polar surface area (TPSA) is 20.3 Å². The summed E-state index contributed by atoms with van der Waals surface area (Å²) in [5.74, 6) is 0.121. The van der Waals surface area contributed by atoms with Crippen molar-refractivity contribution in [3.8, 4) is 0 Å². The molecule has 0 aliphatic carbocycles. The highest BCUT2D eigenvalue weighted by Gasteiger charge is 2.11. The van der Waals surface area contributed by atoms with E-state index in [4.69, 9.17) is 0 Å². The Morgan fingerprint density at radius 3 is 2.14 bits per heavy atom. The van der Waals surface area contributed by atoms with Crippen LogP contribution in [0.3, 0.4) is 0 Å². The lowest BCUT2D eigenvalue weighted by Gasteiger charge is -2.12. The van der Waals surface area contributed by atoms with E-state index in [1.165, 1.54) is 0 Å². The Labute approximate surface area is 93.0 Å². The number of hydrogen-bond donors (Lipinski definition) is 0. The van der Waals surface area contributed by atoms with Crippen LogP contribution in [-0.4, -0.2) is 24.7 Å². The maximum atomic E-state index is 11.6. The Balaban J connectivity index is 2.89. The van der Waals surface area contributed by atoms with Crippen molar-refractivity contribution >= 4 is 27.4 Å². The summed E-state index contributed by atoms with van der Waals surface area (Å²) < 4.78 is 0. The molecule has 14 heavy (non-hydrogen) atoms. The highest BCUT2D eigenvalue weighted by molar-refractivity contribution is 9.10. The van der Waals surface area contributed by atoms with Gasteiger partial charge in [0.15, 0.2) is 5.78 Å². The number of halogens is 1. The molecule has 0 saturated heterocycles. The first-order valence-corrected chi connectivity index (χ1v) is 5.39. The first kappa shape index (κ1) is 11.2. The summed E-state index contributed by atoms with van der Waals surface area (Å²) in [5, 5.41) is 0. The molecule has 0 amide bonds. The fourth-order valence-electron chi connectivity index (χ4n) is 1.15. The predicted molar refractivity (Wildman–Crippen MR) is 63.5 cm³/mol. The molecule has 1 aromatic rings. The van der Waals surface area contributed by atoms with Gasteiger partial charge >= 0.3 is 0 Å². The highest BCUT2D eigenvalue weighted by atomic mass is 79.9. The van der Waals surface area contributed by atoms with Crippen LogP contribution in [0.15, 0.2) is 24.3 Å². The molecule has 0 N–H and O–H groups in total. The van der Waals surface area contributed by atoms with Gasteiger partial charge in [-0.15, -0.1) is 0 Å². The maximum Gasteiger partial charge on any atom is 0.176 e. The SMILES string of the molecule is CC(Br)C(=O)c1ccc(N(C)C)cc1. The van der Waals surface area contributed by atoms with Crippen LogP contribution in [0.1, 0.15) is 17.3 Å². The van der Waals surface area contributed by atoms with E-state index in [0.717, 1.165) is 11.3 Å². The second-order valence-corrected chi connectivity index (χ2v) is 4.80. The zero-order chi connectivity index (χ0) is 10.7. The average molecular weight is 256 g/mol. The third-order valence-electron chi connectivity index (χ3n) is 2.03. The van der Waals surface area contributed by atoms with Gasteiger partial charge in [0.05, 0.1) is 4.83 Å². The van der Waals surface area contributed by atoms with Gasteiger partial charge in [-0.2, -0.15) is 0 Å². The molecule has 1 aromatic carbocycles. The zero-order valence-electron chi connectivity index (χ0n) is 8.62. The number of Topliss-reactive ketones (excluding diaryl/α,β-unsaturated/α-hetero) is 1. The lowest BCUT2D eigenvalue weighted by atomic mass is 10.1. The van der Waals surface area contributed by atoms with Crippen molar-refractivity contribution in [2.75, 3.05) is 19.0 Å². The second-order valence-electron chi connectivity index (χ2n) is 3.42. The third kappa shape index (κ3) is 2.58. The number of nitrogens with zero attached hydrogens (tertiary/aromatic N) is 1. The number of rotatable bonds is 3. The number of hydrogen-bond acceptors (Lipinski definition) is 2. The van der Waals surface area contributed by atoms with E-state index >= 15 is 0 Å². The van der Waals surface area contributed by atoms with E-state index in [1.807, 2.05) is 50.2 Å². The van der Waals surface area contributed by atoms with Gasteiger partial charge in [-0.1, -0.05) is 15.9 Å². The van der Waals surface area contributed by atoms with Gasteiger partial charge in [0, 0.05) is 25.3 Å². The smallest absolute Gasteiger partial charge is 0.176 e. The van der Waals surface area contributed by atoms with Crippen LogP contribution in [0.4, 0.5) is 5.69 Å². The minimum absolute atomic E-state index is 0.118. The molecule has 0 saturated carbocycles. The van der Waals surface area contributed by atoms with E-state index in [2.05, 4.69) is 15.9 Å². The van der Waals surface area contributed by atoms with Gasteiger partial charge in [-0.05, 0) is 31.2 Å². The number of ketones is 1. The molecule has 0 fully saturated rings. The predicted octanol–water partition coefficient (Wildman–Crippen LogP) is 2.72. The molecule has 0 aliphatic rings. The molecule has 76 valence electrons. The minimum atomic E-state index is -0.118. The molecule has 1 rings (SSSR count). The van der Waals surface area contributed by atoms with Crippen LogP contribution in [0, 0.1) is 0 Å². The monoisotopic (exact) mass is 255 g/mol. The zero-order valence-corrected chi connectivity index (χ0v) is 10.2. The van der Waals surface area contributed by atoms with Crippen molar-refractivity contribution < 1.29 is 4.79 Å². The van der Waals surface area contributed by atoms with E-state index in [0.29, 0.717) is 0 Å². The molecule has 0 bridgehead atoms. The molecule has 0 spiro atoms. The van der Waals surface area contributed by atoms with E-state index < -0.39 is 0 Å². The Morgan fingerprint density at radius 1 is 1.29 bits per heavy atom. The summed E-state index contributed by atoms with van der Waals surface area (Å²) >= 11 is 3.26. The Hall–Kier alpha value is -0.830. The summed E-state index contributed by atoms with van der Waals surface area (Å²) in [4.78, 5) is 13.5. The molecule has 3 heteroatoms. The second kappa shape index (κ2) is 4.60. The van der Waals surface area contributed by atoms with Crippen molar-refractivity contribution in [2.24, 2.45) is 0 Å². The van der Waals surface area contributed by atoms with Crippen LogP contribution in [0.5, 0.6) is 0 Å². The normalized spacial score (nSPS) is 12.3. The Morgan fingerprint density at radius 2 is 1.79 bits per heavy atom. The van der Waals surface area contributed by atoms with Crippen LogP contribution in [0.2, 0.25) is 0 Å². The molecular formula is C11H14BrNO. The summed E-state index contributed by atoms with van der Waals surface area (Å²) in [5.41, 5.74) is 1.85. The lowest BCUT2D eigenvalue weighted by Crippen LogP contribution is -2.11. The van der Waals surface area contributed by atoms with E-state index in [1.54, 1.807) is 0 Å². The van der Waals surface area contributed by atoms with Crippen LogP contribution < -0.4 is 4.90 Å². The number of carbonyl (C=O) groups is 1. The summed E-state index contributed by atoms with van der Waals surface area (Å²) in [7, 11) is 3.95. The minimum Gasteiger partial charge on any atom is -0.378 e. The summed E-state index contributed by atoms with van der Waals surface area (Å²) in [6, 6.07) is 7.61. The highest BCUT2D eigenvalue weighted by Crippen LogP contribution is 2.15. The van der Waals surface area contributed by atoms with Gasteiger partial charge in [0.2, 0.25) is 0 Å². The lowest BCUT2D eigenvalue weighted by molar-refractivity contribution is 0.0996. The van der Waals surface area contributed by atoms with Crippen molar-refractivity contribution in [3.63, 3.8) is 0 Å². The molecule has 1 unspecified atom stereocenters. The molecule has 2 nitrogen and oxygen atoms in total. The third-order valence-corrected chi connectivity index (χ3v) is 2.45. The van der Waals surface area contributed by atoms with E-state index in [9.17, 15) is 4.79 Å². The number of benzene rings is 1. The fourth-order valence-corrected chi connectivity index (χ4v) is 1.42. The number of carbonyl (C=O) groups excluding carboxylic acids is 1. The van der Waals surface area contributed by atoms with Gasteiger partial charge in [0.1, 0.15) is 0 Å².